The van der Waals surface area contributed by atoms with Crippen LogP contribution in [0.4, 0.5) is 4.79 Å². The molecule has 1 saturated heterocycles. The summed E-state index contributed by atoms with van der Waals surface area (Å²) >= 11 is 0. The van der Waals surface area contributed by atoms with Crippen molar-refractivity contribution in [1.82, 2.24) is 5.32 Å². The number of ketones is 1. The summed E-state index contributed by atoms with van der Waals surface area (Å²) in [6.07, 6.45) is -3.71. The number of aliphatic hydroxyl groups is 1. The van der Waals surface area contributed by atoms with Crippen LogP contribution in [0.2, 0.25) is 0 Å². The normalized spacial score (nSPS) is 33.7. The molecule has 3 aliphatic carbocycles. The summed E-state index contributed by atoms with van der Waals surface area (Å²) in [4.78, 5) is 70.1. The summed E-state index contributed by atoms with van der Waals surface area (Å²) in [5.41, 5.74) is -4.68. The number of ether oxygens (including phenoxy) is 5. The molecule has 4 aliphatic rings. The maximum Gasteiger partial charge on any atom is 0.408 e. The van der Waals surface area contributed by atoms with Gasteiger partial charge in [0.25, 0.3) is 0 Å². The highest BCUT2D eigenvalue weighted by atomic mass is 16.6. The summed E-state index contributed by atoms with van der Waals surface area (Å²) in [6, 6.07) is 16.5. The topological polar surface area (TPSA) is 164 Å². The Morgan fingerprint density at radius 2 is 1.55 bits per heavy atom. The largest absolute Gasteiger partial charge is 0.457 e. The number of benzene rings is 2. The molecule has 1 aliphatic heterocycles. The van der Waals surface area contributed by atoms with Gasteiger partial charge in [-0.3, -0.25) is 14.4 Å². The number of Topliss-reactive ketones (excluding diaryl/α,β-unsaturated/α-hetero) is 1. The minimum absolute atomic E-state index is 0.0645. The average Bonchev–Trinajstić information content (AvgIpc) is 3.14. The lowest BCUT2D eigenvalue weighted by Gasteiger charge is -2.68. The van der Waals surface area contributed by atoms with Gasteiger partial charge in [0.15, 0.2) is 5.60 Å². The van der Waals surface area contributed by atoms with Crippen LogP contribution in [0.1, 0.15) is 111 Å². The molecule has 1 amide bonds. The lowest BCUT2D eigenvalue weighted by atomic mass is 9.42. The second-order valence-electron chi connectivity index (χ2n) is 18.6. The SMILES string of the molecule is CC(=O)O[C@@]12CO[C@@H]1C[C@H](C)[C@@]1(C)C(=O)[C@H](C)C3=C(C)[C@@H](OC(=O)[C@H](C)[C@@H](NC(=O)OC(C)(C)C)c4ccccc4)C[C@@](O)([C@@H](OC(=O)c4ccccc4)C12)C3(C)C. The highest BCUT2D eigenvalue weighted by molar-refractivity contribution is 5.92. The number of hydrogen-bond acceptors (Lipinski definition) is 11. The van der Waals surface area contributed by atoms with E-state index in [0.29, 0.717) is 23.1 Å². The van der Waals surface area contributed by atoms with Crippen molar-refractivity contribution in [2.75, 3.05) is 6.61 Å². The first-order chi connectivity index (χ1) is 27.0. The number of rotatable bonds is 8. The van der Waals surface area contributed by atoms with E-state index in [1.165, 1.54) is 6.92 Å². The van der Waals surface area contributed by atoms with Crippen molar-refractivity contribution in [3.05, 3.63) is 82.9 Å². The molecule has 2 N–H and O–H groups in total. The van der Waals surface area contributed by atoms with Crippen molar-refractivity contribution in [2.24, 2.45) is 34.5 Å². The van der Waals surface area contributed by atoms with Crippen LogP contribution in [-0.4, -0.2) is 76.6 Å². The number of fused-ring (bicyclic) bond motifs is 5. The number of hydrogen-bond donors (Lipinski definition) is 2. The van der Waals surface area contributed by atoms with Crippen molar-refractivity contribution < 1.29 is 52.8 Å². The standard InChI is InChI=1S/C46H59NO11/c1-25-22-33-45(24-54-33,57-29(5)48)36-38(56-40(51)31-20-16-13-17-21-31)46(53)23-32(26(2)34(43(46,9)10)27(3)37(49)44(25,36)11)55-39(50)28(4)35(30-18-14-12-15-19-30)47-41(52)58-42(6,7)8/h12-21,25,27-28,32-33,35-36,38,53H,22-24H2,1-11H3,(H,47,52)/t25-,27+,28+,32-,33+,35+,36?,38-,44+,45-,46+/m0/s1. The Bertz CT molecular complexity index is 1970. The van der Waals surface area contributed by atoms with Gasteiger partial charge in [0.05, 0.1) is 30.0 Å². The highest BCUT2D eigenvalue weighted by Gasteiger charge is 2.77. The first-order valence-corrected chi connectivity index (χ1v) is 20.3. The summed E-state index contributed by atoms with van der Waals surface area (Å²) in [5, 5.41) is 16.5. The Morgan fingerprint density at radius 1 is 0.948 bits per heavy atom. The maximum atomic E-state index is 15.4. The molecule has 2 aromatic carbocycles. The van der Waals surface area contributed by atoms with E-state index in [1.807, 2.05) is 40.7 Å². The minimum atomic E-state index is -2.00. The summed E-state index contributed by atoms with van der Waals surface area (Å²) in [7, 11) is 0. The molecule has 1 heterocycles. The number of carbonyl (C=O) groups is 5. The number of nitrogens with one attached hydrogen (secondary N) is 1. The lowest BCUT2D eigenvalue weighted by Crippen LogP contribution is -2.80. The molecule has 314 valence electrons. The number of carbonyl (C=O) groups excluding carboxylic acids is 5. The van der Waals surface area contributed by atoms with Gasteiger partial charge >= 0.3 is 24.0 Å². The van der Waals surface area contributed by atoms with E-state index in [9.17, 15) is 24.3 Å². The fourth-order valence-electron chi connectivity index (χ4n) is 10.5. The van der Waals surface area contributed by atoms with Crippen LogP contribution in [0.25, 0.3) is 0 Å². The zero-order chi connectivity index (χ0) is 42.7. The minimum Gasteiger partial charge on any atom is -0.457 e. The third-order valence-corrected chi connectivity index (χ3v) is 13.6. The molecule has 11 atom stereocenters. The van der Waals surface area contributed by atoms with Crippen molar-refractivity contribution in [1.29, 1.82) is 0 Å². The molecule has 2 saturated carbocycles. The third kappa shape index (κ3) is 7.14. The smallest absolute Gasteiger partial charge is 0.408 e. The van der Waals surface area contributed by atoms with Crippen LogP contribution in [0.5, 0.6) is 0 Å². The van der Waals surface area contributed by atoms with E-state index < -0.39 is 93.7 Å². The average molecular weight is 802 g/mol. The molecule has 6 rings (SSSR count). The van der Waals surface area contributed by atoms with E-state index in [1.54, 1.807) is 89.2 Å². The Kier molecular flexibility index (Phi) is 11.3. The van der Waals surface area contributed by atoms with Gasteiger partial charge in [-0.2, -0.15) is 0 Å². The molecule has 2 bridgehead atoms. The van der Waals surface area contributed by atoms with E-state index >= 15 is 4.79 Å². The monoisotopic (exact) mass is 801 g/mol. The molecule has 2 aromatic rings. The molecule has 0 spiro atoms. The van der Waals surface area contributed by atoms with Gasteiger partial charge in [0.2, 0.25) is 0 Å². The lowest BCUT2D eigenvalue weighted by molar-refractivity contribution is -0.339. The van der Waals surface area contributed by atoms with Crippen LogP contribution in [0.3, 0.4) is 0 Å². The van der Waals surface area contributed by atoms with E-state index in [-0.39, 0.29) is 30.3 Å². The molecular formula is C46H59NO11. The molecule has 0 radical (unpaired) electrons. The summed E-state index contributed by atoms with van der Waals surface area (Å²) < 4.78 is 30.8. The van der Waals surface area contributed by atoms with Crippen LogP contribution in [0.15, 0.2) is 71.8 Å². The quantitative estimate of drug-likeness (QED) is 0.159. The zero-order valence-corrected chi connectivity index (χ0v) is 35.5. The molecule has 3 fully saturated rings. The predicted molar refractivity (Wildman–Crippen MR) is 213 cm³/mol. The molecule has 58 heavy (non-hydrogen) atoms. The van der Waals surface area contributed by atoms with Crippen LogP contribution in [-0.2, 0) is 38.1 Å². The van der Waals surface area contributed by atoms with Crippen molar-refractivity contribution >= 4 is 29.8 Å². The highest BCUT2D eigenvalue weighted by Crippen LogP contribution is 2.66. The zero-order valence-electron chi connectivity index (χ0n) is 35.5. The van der Waals surface area contributed by atoms with Crippen LogP contribution >= 0.6 is 0 Å². The van der Waals surface area contributed by atoms with Gasteiger partial charge in [0, 0.05) is 30.1 Å². The molecule has 0 aromatic heterocycles. The third-order valence-electron chi connectivity index (χ3n) is 13.6. The van der Waals surface area contributed by atoms with Gasteiger partial charge in [-0.1, -0.05) is 83.1 Å². The van der Waals surface area contributed by atoms with Gasteiger partial charge in [-0.05, 0) is 75.8 Å². The van der Waals surface area contributed by atoms with Gasteiger partial charge < -0.3 is 34.1 Å². The van der Waals surface area contributed by atoms with E-state index in [4.69, 9.17) is 23.7 Å². The Hall–Kier alpha value is -4.55. The van der Waals surface area contributed by atoms with Crippen molar-refractivity contribution in [3.8, 4) is 0 Å². The molecule has 12 heteroatoms. The Labute approximate surface area is 341 Å². The summed E-state index contributed by atoms with van der Waals surface area (Å²) in [5.74, 6) is -5.32. The maximum absolute atomic E-state index is 15.4. The molecular weight excluding hydrogens is 743 g/mol. The number of amides is 1. The van der Waals surface area contributed by atoms with Crippen LogP contribution in [0, 0.1) is 34.5 Å². The first-order valence-electron chi connectivity index (χ1n) is 20.3. The van der Waals surface area contributed by atoms with Gasteiger partial charge in [0.1, 0.15) is 35.3 Å². The molecule has 12 nitrogen and oxygen atoms in total. The number of alkyl carbamates (subject to hydrolysis) is 1. The van der Waals surface area contributed by atoms with E-state index in [0.717, 1.165) is 0 Å². The second-order valence-corrected chi connectivity index (χ2v) is 18.6. The Balaban J connectivity index is 1.49. The van der Waals surface area contributed by atoms with Crippen molar-refractivity contribution in [3.63, 3.8) is 0 Å². The second kappa shape index (κ2) is 15.2. The number of esters is 3. The van der Waals surface area contributed by atoms with Crippen molar-refractivity contribution in [2.45, 2.75) is 130 Å². The molecule has 1 unspecified atom stereocenters. The van der Waals surface area contributed by atoms with Gasteiger partial charge in [-0.15, -0.1) is 0 Å². The first kappa shape index (κ1) is 43.0. The van der Waals surface area contributed by atoms with Gasteiger partial charge in [-0.25, -0.2) is 9.59 Å². The summed E-state index contributed by atoms with van der Waals surface area (Å²) in [6.45, 7) is 19.1. The van der Waals surface area contributed by atoms with E-state index in [2.05, 4.69) is 5.32 Å². The predicted octanol–water partition coefficient (Wildman–Crippen LogP) is 7.09. The Morgan fingerprint density at radius 3 is 2.10 bits per heavy atom. The fourth-order valence-corrected chi connectivity index (χ4v) is 10.5. The fraction of sp³-hybridized carbons (Fsp3) is 0.587. The van der Waals surface area contributed by atoms with Crippen LogP contribution < -0.4 is 5.32 Å².